The minimum Gasteiger partial charge on any atom is -0.459 e. The van der Waals surface area contributed by atoms with E-state index in [-0.39, 0.29) is 23.6 Å². The topological polar surface area (TPSA) is 77.8 Å². The van der Waals surface area contributed by atoms with Gasteiger partial charge < -0.3 is 24.9 Å². The van der Waals surface area contributed by atoms with E-state index >= 15 is 0 Å². The van der Waals surface area contributed by atoms with Crippen molar-refractivity contribution in [3.63, 3.8) is 0 Å². The number of hydrogen-bond donors (Lipinski definition) is 2. The molecule has 7 nitrogen and oxygen atoms in total. The van der Waals surface area contributed by atoms with Crippen LogP contribution in [0.15, 0.2) is 41.0 Å². The van der Waals surface area contributed by atoms with E-state index in [1.54, 1.807) is 24.3 Å². The van der Waals surface area contributed by atoms with Crippen molar-refractivity contribution in [2.75, 3.05) is 45.1 Å². The molecule has 2 aromatic rings. The molecule has 29 heavy (non-hydrogen) atoms. The van der Waals surface area contributed by atoms with Crippen molar-refractivity contribution in [1.29, 1.82) is 0 Å². The number of anilines is 1. The van der Waals surface area contributed by atoms with Gasteiger partial charge in [-0.3, -0.25) is 9.59 Å². The van der Waals surface area contributed by atoms with E-state index in [4.69, 9.17) is 4.42 Å². The summed E-state index contributed by atoms with van der Waals surface area (Å²) in [6, 6.07) is 8.66. The first kappa shape index (κ1) is 21.1. The molecule has 0 radical (unpaired) electrons. The molecule has 2 heterocycles. The number of carbonyl (C=O) groups excluding carboxylic acids is 2. The van der Waals surface area contributed by atoms with Crippen LogP contribution in [0.3, 0.4) is 0 Å². The fourth-order valence-electron chi connectivity index (χ4n) is 3.32. The molecule has 1 saturated heterocycles. The normalized spacial score (nSPS) is 16.4. The summed E-state index contributed by atoms with van der Waals surface area (Å²) in [6.45, 7) is 9.24. The molecule has 0 aliphatic carbocycles. The Morgan fingerprint density at radius 2 is 1.90 bits per heavy atom. The van der Waals surface area contributed by atoms with Crippen LogP contribution in [-0.2, 0) is 0 Å². The van der Waals surface area contributed by atoms with Crippen LogP contribution >= 0.6 is 0 Å². The number of carbonyl (C=O) groups is 2. The minimum atomic E-state index is -0.337. The number of hydrogen-bond acceptors (Lipinski definition) is 5. The van der Waals surface area contributed by atoms with Gasteiger partial charge >= 0.3 is 0 Å². The molecular formula is C22H30N4O3. The molecule has 1 aliphatic rings. The number of rotatable bonds is 7. The van der Waals surface area contributed by atoms with Crippen LogP contribution in [0.2, 0.25) is 0 Å². The molecule has 2 amide bonds. The van der Waals surface area contributed by atoms with Gasteiger partial charge in [0.2, 0.25) is 0 Å². The lowest BCUT2D eigenvalue weighted by molar-refractivity contribution is 0.0930. The molecule has 0 spiro atoms. The first-order valence-corrected chi connectivity index (χ1v) is 10.1. The Labute approximate surface area is 172 Å². The molecule has 2 N–H and O–H groups in total. The van der Waals surface area contributed by atoms with Crippen molar-refractivity contribution >= 4 is 17.5 Å². The Bertz CT molecular complexity index is 827. The van der Waals surface area contributed by atoms with Gasteiger partial charge in [0.25, 0.3) is 11.8 Å². The second kappa shape index (κ2) is 9.71. The third-order valence-electron chi connectivity index (χ3n) is 5.34. The van der Waals surface area contributed by atoms with Crippen molar-refractivity contribution in [1.82, 2.24) is 15.1 Å². The van der Waals surface area contributed by atoms with Gasteiger partial charge in [-0.25, -0.2) is 0 Å². The lowest BCUT2D eigenvalue weighted by atomic mass is 10.1. The monoisotopic (exact) mass is 398 g/mol. The maximum Gasteiger partial charge on any atom is 0.291 e. The van der Waals surface area contributed by atoms with Crippen LogP contribution in [0.5, 0.6) is 0 Å². The zero-order valence-electron chi connectivity index (χ0n) is 17.4. The number of benzene rings is 1. The molecule has 0 saturated carbocycles. The van der Waals surface area contributed by atoms with Crippen LogP contribution in [0, 0.1) is 6.92 Å². The van der Waals surface area contributed by atoms with Gasteiger partial charge in [0, 0.05) is 50.0 Å². The standard InChI is InChI=1S/C22H30N4O3/c1-16-6-7-18(15-19(16)24-22(28)20-5-4-14-29-20)21(27)23-17(2)8-9-26-12-10-25(3)11-13-26/h4-7,14-15,17H,8-13H2,1-3H3,(H,23,27)(H,24,28)/t17-/m1/s1. The van der Waals surface area contributed by atoms with E-state index in [1.807, 2.05) is 19.9 Å². The Hall–Kier alpha value is -2.64. The molecule has 7 heteroatoms. The minimum absolute atomic E-state index is 0.0737. The zero-order chi connectivity index (χ0) is 20.8. The van der Waals surface area contributed by atoms with E-state index in [0.717, 1.165) is 44.7 Å². The summed E-state index contributed by atoms with van der Waals surface area (Å²) in [6.07, 6.45) is 2.36. The Morgan fingerprint density at radius 3 is 2.59 bits per heavy atom. The lowest BCUT2D eigenvalue weighted by Gasteiger charge is -2.32. The van der Waals surface area contributed by atoms with Crippen molar-refractivity contribution < 1.29 is 14.0 Å². The number of amides is 2. The number of nitrogens with one attached hydrogen (secondary N) is 2. The number of aryl methyl sites for hydroxylation is 1. The molecule has 1 atom stereocenters. The van der Waals surface area contributed by atoms with Crippen molar-refractivity contribution in [2.45, 2.75) is 26.3 Å². The van der Waals surface area contributed by atoms with Crippen LogP contribution in [0.25, 0.3) is 0 Å². The largest absolute Gasteiger partial charge is 0.459 e. The molecule has 156 valence electrons. The van der Waals surface area contributed by atoms with Crippen LogP contribution in [0.1, 0.15) is 39.8 Å². The molecule has 1 aromatic heterocycles. The highest BCUT2D eigenvalue weighted by Gasteiger charge is 2.17. The summed E-state index contributed by atoms with van der Waals surface area (Å²) in [5.74, 6) is -0.239. The van der Waals surface area contributed by atoms with Crippen molar-refractivity contribution in [3.05, 3.63) is 53.5 Å². The van der Waals surface area contributed by atoms with Gasteiger partial charge in [0.1, 0.15) is 0 Å². The lowest BCUT2D eigenvalue weighted by Crippen LogP contribution is -2.46. The van der Waals surface area contributed by atoms with Crippen LogP contribution < -0.4 is 10.6 Å². The molecule has 1 fully saturated rings. The third kappa shape index (κ3) is 5.92. The molecule has 0 bridgehead atoms. The number of piperazine rings is 1. The fourth-order valence-corrected chi connectivity index (χ4v) is 3.32. The summed E-state index contributed by atoms with van der Waals surface area (Å²) in [5.41, 5.74) is 2.01. The van der Waals surface area contributed by atoms with Gasteiger partial charge in [-0.15, -0.1) is 0 Å². The smallest absolute Gasteiger partial charge is 0.291 e. The average molecular weight is 399 g/mol. The molecule has 1 aromatic carbocycles. The van der Waals surface area contributed by atoms with Gasteiger partial charge in [0.05, 0.1) is 6.26 Å². The van der Waals surface area contributed by atoms with Gasteiger partial charge in [-0.05, 0) is 57.1 Å². The molecular weight excluding hydrogens is 368 g/mol. The summed E-state index contributed by atoms with van der Waals surface area (Å²) in [5, 5.41) is 5.87. The van der Waals surface area contributed by atoms with Crippen molar-refractivity contribution in [3.8, 4) is 0 Å². The maximum absolute atomic E-state index is 12.7. The summed E-state index contributed by atoms with van der Waals surface area (Å²) in [7, 11) is 2.15. The summed E-state index contributed by atoms with van der Waals surface area (Å²) in [4.78, 5) is 29.7. The van der Waals surface area contributed by atoms with E-state index < -0.39 is 0 Å². The number of likely N-dealkylation sites (N-methyl/N-ethyl adjacent to an activating group) is 1. The van der Waals surface area contributed by atoms with Gasteiger partial charge in [-0.1, -0.05) is 6.07 Å². The van der Waals surface area contributed by atoms with Crippen LogP contribution in [-0.4, -0.2) is 67.4 Å². The average Bonchev–Trinajstić information content (AvgIpc) is 3.24. The number of furan rings is 1. The SMILES string of the molecule is Cc1ccc(C(=O)N[C@H](C)CCN2CCN(C)CC2)cc1NC(=O)c1ccco1. The Morgan fingerprint density at radius 1 is 1.14 bits per heavy atom. The first-order chi connectivity index (χ1) is 13.9. The van der Waals surface area contributed by atoms with E-state index in [0.29, 0.717) is 11.3 Å². The highest BCUT2D eigenvalue weighted by Crippen LogP contribution is 2.18. The Balaban J connectivity index is 1.54. The van der Waals surface area contributed by atoms with Crippen LogP contribution in [0.4, 0.5) is 5.69 Å². The molecule has 0 unspecified atom stereocenters. The zero-order valence-corrected chi connectivity index (χ0v) is 17.4. The van der Waals surface area contributed by atoms with E-state index in [2.05, 4.69) is 27.5 Å². The van der Waals surface area contributed by atoms with Gasteiger partial charge in [0.15, 0.2) is 5.76 Å². The highest BCUT2D eigenvalue weighted by molar-refractivity contribution is 6.03. The first-order valence-electron chi connectivity index (χ1n) is 10.1. The third-order valence-corrected chi connectivity index (χ3v) is 5.34. The fraction of sp³-hybridized carbons (Fsp3) is 0.455. The predicted molar refractivity (Wildman–Crippen MR) is 113 cm³/mol. The Kier molecular flexibility index (Phi) is 7.06. The maximum atomic E-state index is 12.7. The highest BCUT2D eigenvalue weighted by atomic mass is 16.3. The van der Waals surface area contributed by atoms with E-state index in [1.165, 1.54) is 6.26 Å². The van der Waals surface area contributed by atoms with Gasteiger partial charge in [-0.2, -0.15) is 0 Å². The summed E-state index contributed by atoms with van der Waals surface area (Å²) < 4.78 is 5.12. The molecule has 3 rings (SSSR count). The van der Waals surface area contributed by atoms with E-state index in [9.17, 15) is 9.59 Å². The molecule has 1 aliphatic heterocycles. The second-order valence-electron chi connectivity index (χ2n) is 7.77. The second-order valence-corrected chi connectivity index (χ2v) is 7.77. The predicted octanol–water partition coefficient (Wildman–Crippen LogP) is 2.60. The number of nitrogens with zero attached hydrogens (tertiary/aromatic N) is 2. The van der Waals surface area contributed by atoms with Crippen molar-refractivity contribution in [2.24, 2.45) is 0 Å². The summed E-state index contributed by atoms with van der Waals surface area (Å²) >= 11 is 0. The quantitative estimate of drug-likeness (QED) is 0.750.